The summed E-state index contributed by atoms with van der Waals surface area (Å²) in [7, 11) is 0. The third-order valence-electron chi connectivity index (χ3n) is 3.07. The zero-order chi connectivity index (χ0) is 16.2. The lowest BCUT2D eigenvalue weighted by atomic mass is 9.95. The van der Waals surface area contributed by atoms with Crippen LogP contribution >= 0.6 is 0 Å². The van der Waals surface area contributed by atoms with Gasteiger partial charge in [0.2, 0.25) is 5.71 Å². The first-order chi connectivity index (χ1) is 10.4. The van der Waals surface area contributed by atoms with E-state index in [-0.39, 0.29) is 17.0 Å². The highest BCUT2D eigenvalue weighted by molar-refractivity contribution is 6.45. The molecule has 1 aromatic rings. The molecule has 0 spiro atoms. The standard InChI is InChI=1S/C15H19N5O2/c1-15(2)8-21-14(22-9-15)10-4-3-5-11(6-10)19-20-12(7-16)13(17)18/h3-6,14,19H,8-9H2,1-2H3,(H3,17,18)/b20-12+. The largest absolute Gasteiger partial charge is 0.382 e. The van der Waals surface area contributed by atoms with E-state index in [9.17, 15) is 0 Å². The van der Waals surface area contributed by atoms with Crippen molar-refractivity contribution >= 4 is 17.2 Å². The molecule has 1 saturated heterocycles. The van der Waals surface area contributed by atoms with Gasteiger partial charge >= 0.3 is 0 Å². The van der Waals surface area contributed by atoms with Crippen molar-refractivity contribution < 1.29 is 9.47 Å². The first kappa shape index (κ1) is 15.9. The second kappa shape index (κ2) is 6.56. The van der Waals surface area contributed by atoms with Gasteiger partial charge in [-0.1, -0.05) is 26.0 Å². The topological polar surface area (TPSA) is 117 Å². The number of ether oxygens (including phenoxy) is 2. The zero-order valence-electron chi connectivity index (χ0n) is 12.6. The van der Waals surface area contributed by atoms with Crippen molar-refractivity contribution in [3.8, 4) is 6.07 Å². The van der Waals surface area contributed by atoms with Gasteiger partial charge in [0.05, 0.1) is 18.9 Å². The number of nitrogens with two attached hydrogens (primary N) is 1. The molecule has 7 nitrogen and oxygen atoms in total. The van der Waals surface area contributed by atoms with Gasteiger partial charge in [-0.25, -0.2) is 0 Å². The Hall–Kier alpha value is -2.43. The van der Waals surface area contributed by atoms with Crippen LogP contribution in [0.1, 0.15) is 25.7 Å². The van der Waals surface area contributed by atoms with Crippen LogP contribution in [0.3, 0.4) is 0 Å². The molecule has 1 fully saturated rings. The van der Waals surface area contributed by atoms with E-state index in [4.69, 9.17) is 25.9 Å². The number of hydrogen-bond acceptors (Lipinski definition) is 6. The Morgan fingerprint density at radius 3 is 2.73 bits per heavy atom. The molecule has 116 valence electrons. The van der Waals surface area contributed by atoms with Crippen molar-refractivity contribution in [2.45, 2.75) is 20.1 Å². The molecule has 2 rings (SSSR count). The number of hydrogen-bond donors (Lipinski definition) is 3. The molecule has 4 N–H and O–H groups in total. The van der Waals surface area contributed by atoms with Gasteiger partial charge in [-0.2, -0.15) is 10.4 Å². The van der Waals surface area contributed by atoms with Gasteiger partial charge in [0, 0.05) is 11.0 Å². The van der Waals surface area contributed by atoms with Crippen LogP contribution in [0.2, 0.25) is 0 Å². The predicted molar refractivity (Wildman–Crippen MR) is 83.5 cm³/mol. The molecule has 0 aliphatic carbocycles. The van der Waals surface area contributed by atoms with E-state index in [0.717, 1.165) is 5.56 Å². The average Bonchev–Trinajstić information content (AvgIpc) is 2.48. The molecule has 0 amide bonds. The summed E-state index contributed by atoms with van der Waals surface area (Å²) in [5, 5.41) is 19.8. The maximum absolute atomic E-state index is 8.80. The summed E-state index contributed by atoms with van der Waals surface area (Å²) in [6.07, 6.45) is -0.415. The molecule has 0 aromatic heterocycles. The Morgan fingerprint density at radius 2 is 2.14 bits per heavy atom. The lowest BCUT2D eigenvalue weighted by Crippen LogP contribution is -2.33. The number of nitriles is 1. The van der Waals surface area contributed by atoms with Gasteiger partial charge in [0.1, 0.15) is 6.07 Å². The van der Waals surface area contributed by atoms with Crippen molar-refractivity contribution in [3.05, 3.63) is 29.8 Å². The van der Waals surface area contributed by atoms with Crippen molar-refractivity contribution in [1.29, 1.82) is 10.7 Å². The number of hydrazone groups is 1. The van der Waals surface area contributed by atoms with Crippen LogP contribution in [0.4, 0.5) is 5.69 Å². The molecule has 1 aliphatic rings. The fourth-order valence-electron chi connectivity index (χ4n) is 1.91. The summed E-state index contributed by atoms with van der Waals surface area (Å²) < 4.78 is 11.5. The van der Waals surface area contributed by atoms with Crippen LogP contribution in [0.5, 0.6) is 0 Å². The fraction of sp³-hybridized carbons (Fsp3) is 0.400. The molecule has 0 bridgehead atoms. The first-order valence-electron chi connectivity index (χ1n) is 6.83. The molecule has 1 heterocycles. The Bertz CT molecular complexity index is 623. The third-order valence-corrected chi connectivity index (χ3v) is 3.07. The van der Waals surface area contributed by atoms with E-state index in [1.54, 1.807) is 12.1 Å². The summed E-state index contributed by atoms with van der Waals surface area (Å²) in [4.78, 5) is 0. The Balaban J connectivity index is 2.08. The van der Waals surface area contributed by atoms with Crippen LogP contribution in [0, 0.1) is 22.2 Å². The van der Waals surface area contributed by atoms with Crippen molar-refractivity contribution in [1.82, 2.24) is 0 Å². The second-order valence-electron chi connectivity index (χ2n) is 5.84. The molecule has 0 unspecified atom stereocenters. The summed E-state index contributed by atoms with van der Waals surface area (Å²) in [6, 6.07) is 9.08. The molecule has 1 aliphatic heterocycles. The molecule has 22 heavy (non-hydrogen) atoms. The van der Waals surface area contributed by atoms with Crippen molar-refractivity contribution in [2.75, 3.05) is 18.6 Å². The third kappa shape index (κ3) is 4.04. The van der Waals surface area contributed by atoms with Gasteiger partial charge < -0.3 is 15.2 Å². The van der Waals surface area contributed by atoms with Gasteiger partial charge in [-0.15, -0.1) is 0 Å². The lowest BCUT2D eigenvalue weighted by molar-refractivity contribution is -0.226. The van der Waals surface area contributed by atoms with Gasteiger partial charge in [0.15, 0.2) is 12.1 Å². The van der Waals surface area contributed by atoms with E-state index in [2.05, 4.69) is 24.4 Å². The van der Waals surface area contributed by atoms with Crippen LogP contribution < -0.4 is 11.2 Å². The number of anilines is 1. The summed E-state index contributed by atoms with van der Waals surface area (Å²) >= 11 is 0. The minimum Gasteiger partial charge on any atom is -0.382 e. The van der Waals surface area contributed by atoms with E-state index < -0.39 is 6.29 Å². The van der Waals surface area contributed by atoms with Gasteiger partial charge in [0.25, 0.3) is 0 Å². The van der Waals surface area contributed by atoms with Crippen LogP contribution in [0.25, 0.3) is 0 Å². The van der Waals surface area contributed by atoms with Crippen LogP contribution in [-0.2, 0) is 9.47 Å². The summed E-state index contributed by atoms with van der Waals surface area (Å²) in [5.74, 6) is -0.382. The smallest absolute Gasteiger partial charge is 0.201 e. The monoisotopic (exact) mass is 301 g/mol. The van der Waals surface area contributed by atoms with Crippen LogP contribution in [0.15, 0.2) is 29.4 Å². The summed E-state index contributed by atoms with van der Waals surface area (Å²) in [5.41, 5.74) is 9.30. The predicted octanol–water partition coefficient (Wildman–Crippen LogP) is 1.99. The van der Waals surface area contributed by atoms with Crippen molar-refractivity contribution in [2.24, 2.45) is 16.3 Å². The lowest BCUT2D eigenvalue weighted by Gasteiger charge is -2.34. The fourth-order valence-corrected chi connectivity index (χ4v) is 1.91. The van der Waals surface area contributed by atoms with Gasteiger partial charge in [-0.3, -0.25) is 10.8 Å². The number of nitrogens with zero attached hydrogens (tertiary/aromatic N) is 2. The van der Waals surface area contributed by atoms with E-state index in [1.807, 2.05) is 18.2 Å². The molecule has 7 heteroatoms. The molecular formula is C15H19N5O2. The average molecular weight is 301 g/mol. The minimum atomic E-state index is -0.415. The molecular weight excluding hydrogens is 282 g/mol. The SMILES string of the molecule is CC1(C)COC(c2cccc(N/N=C(\C#N)C(=N)N)c2)OC1. The molecule has 1 aromatic carbocycles. The van der Waals surface area contributed by atoms with E-state index in [1.165, 1.54) is 0 Å². The number of amidine groups is 1. The van der Waals surface area contributed by atoms with E-state index in [0.29, 0.717) is 18.9 Å². The number of benzene rings is 1. The van der Waals surface area contributed by atoms with Gasteiger partial charge in [-0.05, 0) is 12.1 Å². The normalized spacial score (nSPS) is 18.5. The maximum Gasteiger partial charge on any atom is 0.201 e. The second-order valence-corrected chi connectivity index (χ2v) is 5.84. The number of nitrogens with one attached hydrogen (secondary N) is 2. The highest BCUT2D eigenvalue weighted by atomic mass is 16.7. The zero-order valence-corrected chi connectivity index (χ0v) is 12.6. The quantitative estimate of drug-likeness (QED) is 0.446. The Kier molecular flexibility index (Phi) is 4.75. The Labute approximate surface area is 129 Å². The Morgan fingerprint density at radius 1 is 1.45 bits per heavy atom. The highest BCUT2D eigenvalue weighted by Gasteiger charge is 2.29. The molecule has 0 radical (unpaired) electrons. The van der Waals surface area contributed by atoms with E-state index >= 15 is 0 Å². The number of rotatable bonds is 4. The highest BCUT2D eigenvalue weighted by Crippen LogP contribution is 2.31. The van der Waals surface area contributed by atoms with Crippen molar-refractivity contribution in [3.63, 3.8) is 0 Å². The minimum absolute atomic E-state index is 0.0137. The molecule has 0 atom stereocenters. The first-order valence-corrected chi connectivity index (χ1v) is 6.83. The van der Waals surface area contributed by atoms with Crippen LogP contribution in [-0.4, -0.2) is 24.8 Å². The summed E-state index contributed by atoms with van der Waals surface area (Å²) in [6.45, 7) is 5.41. The molecule has 0 saturated carbocycles. The maximum atomic E-state index is 8.80.